The van der Waals surface area contributed by atoms with E-state index in [4.69, 9.17) is 18.7 Å². The van der Waals surface area contributed by atoms with Gasteiger partial charge in [0.1, 0.15) is 24.0 Å². The van der Waals surface area contributed by atoms with Crippen LogP contribution in [0.5, 0.6) is 0 Å². The molecule has 9 aromatic rings. The van der Waals surface area contributed by atoms with Gasteiger partial charge in [0, 0.05) is 28.8 Å². The smallest absolute Gasteiger partial charge is 0.485 e. The number of pyridine rings is 2. The van der Waals surface area contributed by atoms with E-state index in [2.05, 4.69) is 24.8 Å². The van der Waals surface area contributed by atoms with E-state index in [9.17, 15) is 64.4 Å². The van der Waals surface area contributed by atoms with Crippen molar-refractivity contribution in [3.63, 3.8) is 0 Å². The summed E-state index contributed by atoms with van der Waals surface area (Å²) < 4.78 is 224. The lowest BCUT2D eigenvalue weighted by atomic mass is 9.54. The SMILES string of the molecule is C[n+]1ccn(S(=O)(=O)N2CC(F)(F)C2)c1.Cc1ccc(S(=O)(=O)n2ccc3c2ccc2nnc(C45CCC(CS(=O)(=O)N6CC(F)(F)C6)(CC4)CC5)n23)cc1.Cc1ccc(S(=O)(=O)n2ccc3c2ccc2nnc(C45CCC(N)(CC4)CC5)n23)cc1.O=S(=O)([O-])C(F)(F)F. The lowest BCUT2D eigenvalue weighted by molar-refractivity contribution is -0.670. The molecule has 7 aromatic heterocycles. The molecule has 0 radical (unpaired) electrons. The fraction of sp³-hybridized carbons (Fsp3) is 0.466. The van der Waals surface area contributed by atoms with Gasteiger partial charge in [0.05, 0.1) is 70.8 Å². The molecule has 0 amide bonds. The third-order valence-electron chi connectivity index (χ3n) is 19.3. The summed E-state index contributed by atoms with van der Waals surface area (Å²) in [5.41, 5.74) is 6.07. The van der Waals surface area contributed by atoms with E-state index in [-0.39, 0.29) is 31.9 Å². The number of fused-ring (bicyclic) bond motifs is 12. The van der Waals surface area contributed by atoms with E-state index in [0.717, 1.165) is 85.0 Å². The van der Waals surface area contributed by atoms with Gasteiger partial charge in [-0.1, -0.05) is 35.4 Å². The molecule has 506 valence electrons. The van der Waals surface area contributed by atoms with Gasteiger partial charge in [-0.05, 0) is 157 Å². The molecule has 0 unspecified atom stereocenters. The monoisotopic (exact) mass is 1410 g/mol. The second-order valence-corrected chi connectivity index (χ2v) is 34.5. The van der Waals surface area contributed by atoms with Crippen molar-refractivity contribution in [3.05, 3.63) is 139 Å². The van der Waals surface area contributed by atoms with E-state index in [1.807, 2.05) is 48.6 Å². The van der Waals surface area contributed by atoms with Crippen molar-refractivity contribution in [2.45, 2.75) is 134 Å². The number of hydrogen-bond acceptors (Lipinski definition) is 16. The summed E-state index contributed by atoms with van der Waals surface area (Å²) in [5, 5.41) is 18.0. The zero-order valence-electron chi connectivity index (χ0n) is 50.6. The Kier molecular flexibility index (Phi) is 16.3. The zero-order valence-corrected chi connectivity index (χ0v) is 54.7. The highest BCUT2D eigenvalue weighted by atomic mass is 32.2. The van der Waals surface area contributed by atoms with Gasteiger partial charge < -0.3 is 10.3 Å². The predicted molar refractivity (Wildman–Crippen MR) is 325 cm³/mol. The van der Waals surface area contributed by atoms with Crippen molar-refractivity contribution in [1.29, 1.82) is 0 Å². The Balaban J connectivity index is 0.000000138. The molecular weight excluding hydrogens is 1350 g/mol. The molecule has 17 rings (SSSR count). The average molecular weight is 1410 g/mol. The first-order chi connectivity index (χ1) is 43.7. The van der Waals surface area contributed by atoms with Gasteiger partial charge in [0.25, 0.3) is 38.2 Å². The molecule has 0 spiro atoms. The lowest BCUT2D eigenvalue weighted by Gasteiger charge is -2.53. The number of hydrogen-bond donors (Lipinski definition) is 1. The summed E-state index contributed by atoms with van der Waals surface area (Å²) in [7, 11) is -19.5. The number of halogens is 7. The first kappa shape index (κ1) is 67.1. The van der Waals surface area contributed by atoms with E-state index < -0.39 is 99.3 Å². The van der Waals surface area contributed by atoms with Crippen LogP contribution in [0.1, 0.15) is 99.8 Å². The van der Waals surface area contributed by atoms with E-state index in [0.29, 0.717) is 60.7 Å². The topological polar surface area (TPSA) is 305 Å². The van der Waals surface area contributed by atoms with Gasteiger partial charge >= 0.3 is 15.7 Å². The summed E-state index contributed by atoms with van der Waals surface area (Å²) in [6.45, 7) is 0.912. The van der Waals surface area contributed by atoms with Crippen LogP contribution in [0.4, 0.5) is 30.7 Å². The van der Waals surface area contributed by atoms with Crippen molar-refractivity contribution < 1.29 is 81.9 Å². The van der Waals surface area contributed by atoms with Gasteiger partial charge in [-0.15, -0.1) is 24.4 Å². The molecule has 2 aromatic carbocycles. The number of benzene rings is 2. The minimum atomic E-state index is -6.09. The van der Waals surface area contributed by atoms with Crippen LogP contribution in [0.2, 0.25) is 0 Å². The highest BCUT2D eigenvalue weighted by Gasteiger charge is 2.57. The number of aromatic nitrogens is 10. The summed E-state index contributed by atoms with van der Waals surface area (Å²) in [6, 6.07) is 24.5. The van der Waals surface area contributed by atoms with Crippen LogP contribution in [0.15, 0.2) is 126 Å². The molecule has 2 N–H and O–H groups in total. The maximum atomic E-state index is 13.5. The predicted octanol–water partition coefficient (Wildman–Crippen LogP) is 7.04. The molecule has 8 aliphatic rings. The molecule has 4 bridgehead atoms. The van der Waals surface area contributed by atoms with Gasteiger partial charge in [-0.3, -0.25) is 8.80 Å². The van der Waals surface area contributed by atoms with Gasteiger partial charge in [0.2, 0.25) is 10.0 Å². The molecule has 6 saturated carbocycles. The molecule has 2 saturated heterocycles. The normalized spacial score (nSPS) is 24.6. The van der Waals surface area contributed by atoms with Crippen molar-refractivity contribution in [1.82, 2.24) is 49.7 Å². The van der Waals surface area contributed by atoms with Gasteiger partial charge in [0.15, 0.2) is 21.4 Å². The first-order valence-electron chi connectivity index (χ1n) is 29.7. The summed E-state index contributed by atoms with van der Waals surface area (Å²) in [5.74, 6) is -4.21. The number of aryl methyl sites for hydroxylation is 3. The number of imidazole rings is 1. The Bertz CT molecular complexity index is 4990. The van der Waals surface area contributed by atoms with Crippen LogP contribution in [0.25, 0.3) is 33.4 Å². The van der Waals surface area contributed by atoms with Crippen LogP contribution >= 0.6 is 0 Å². The average Bonchev–Trinajstić information content (AvgIpc) is 1.42. The zero-order chi connectivity index (χ0) is 67.8. The van der Waals surface area contributed by atoms with Crippen LogP contribution in [-0.4, -0.2) is 151 Å². The standard InChI is InChI=1S/C27H29F2N5O4S2.C23H25N5O2S.C7H10F2N3O2S.CHF3O3S/c1-19-2-4-20(5-3-19)40(37,38)33-15-8-22-21(33)6-7-23-30-31-24(34(22)23)26-12-9-25(10-13-26,11-14-26)18-39(35,36)32-16-27(28,29)17-32;1-16-2-4-17(5-3-16)31(29,30)27-15-8-19-18(27)6-7-20-25-26-21(28(19)20)22-9-12-23(24,13-10-22)14-11-22;1-10-2-3-11(6-10)15(13,14)12-4-7(8,9)5-12;2-1(3,4)8(5,6)7/h2-8,15H,9-14,16-18H2,1H3;2-8,15H,9-14,24H2,1H3;2-3,6H,4-5H2,1H3;(H,5,6,7)/q;;+1;/p-1. The van der Waals surface area contributed by atoms with Crippen LogP contribution in [-0.2, 0) is 68.3 Å². The molecule has 9 heterocycles. The number of rotatable bonds is 11. The Hall–Kier alpha value is -6.93. The Labute approximate surface area is 535 Å². The Morgan fingerprint density at radius 2 is 0.904 bits per heavy atom. The maximum Gasteiger partial charge on any atom is 0.485 e. The number of nitrogens with zero attached hydrogens (tertiary/aromatic N) is 12. The molecule has 0 atom stereocenters. The lowest BCUT2D eigenvalue weighted by Crippen LogP contribution is -2.60. The number of nitrogens with two attached hydrogens (primary N) is 1. The molecule has 24 nitrogen and oxygen atoms in total. The molecule has 2 aliphatic heterocycles. The second-order valence-electron chi connectivity index (χ2n) is 25.7. The molecule has 8 fully saturated rings. The molecule has 6 aliphatic carbocycles. The van der Waals surface area contributed by atoms with Gasteiger partial charge in [-0.25, -0.2) is 63.7 Å². The van der Waals surface area contributed by atoms with E-state index in [1.54, 1.807) is 74.0 Å². The third-order valence-corrected chi connectivity index (χ3v) is 27.0. The quantitative estimate of drug-likeness (QED) is 0.0587. The third kappa shape index (κ3) is 12.1. The van der Waals surface area contributed by atoms with Crippen LogP contribution in [0.3, 0.4) is 0 Å². The summed E-state index contributed by atoms with van der Waals surface area (Å²) in [6.07, 6.45) is 17.4. The largest absolute Gasteiger partial charge is 0.741 e. The number of sulfonamides is 1. The van der Waals surface area contributed by atoms with Gasteiger partial charge in [-0.2, -0.15) is 30.2 Å². The second kappa shape index (κ2) is 22.9. The van der Waals surface area contributed by atoms with Crippen LogP contribution < -0.4 is 10.3 Å². The molecule has 36 heteroatoms. The first-order valence-corrected chi connectivity index (χ1v) is 36.9. The Morgan fingerprint density at radius 1 is 0.521 bits per heavy atom. The van der Waals surface area contributed by atoms with Crippen molar-refractivity contribution in [3.8, 4) is 0 Å². The van der Waals surface area contributed by atoms with Crippen molar-refractivity contribution in [2.24, 2.45) is 18.2 Å². The maximum absolute atomic E-state index is 13.5. The Morgan fingerprint density at radius 3 is 1.27 bits per heavy atom. The van der Waals surface area contributed by atoms with Crippen molar-refractivity contribution in [2.75, 3.05) is 31.9 Å². The minimum Gasteiger partial charge on any atom is -0.741 e. The highest BCUT2D eigenvalue weighted by Crippen LogP contribution is 2.59. The summed E-state index contributed by atoms with van der Waals surface area (Å²) in [4.78, 5) is 0.475. The highest BCUT2D eigenvalue weighted by molar-refractivity contribution is 7.90. The number of alkyl halides is 7. The fourth-order valence-electron chi connectivity index (χ4n) is 13.7. The fourth-order valence-corrected chi connectivity index (χ4v) is 20.0. The minimum absolute atomic E-state index is 0.0248. The molecular formula is C58H64F7N13O11S5. The van der Waals surface area contributed by atoms with E-state index >= 15 is 0 Å². The van der Waals surface area contributed by atoms with Crippen LogP contribution in [0, 0.1) is 19.3 Å². The molecule has 94 heavy (non-hydrogen) atoms. The van der Waals surface area contributed by atoms with Crippen molar-refractivity contribution >= 4 is 83.8 Å². The summed E-state index contributed by atoms with van der Waals surface area (Å²) >= 11 is 0. The van der Waals surface area contributed by atoms with E-state index in [1.165, 1.54) is 31.2 Å².